The largest absolute Gasteiger partial charge is 0.481 e. The molecule has 0 saturated carbocycles. The number of rotatable bonds is 5. The predicted molar refractivity (Wildman–Crippen MR) is 72.2 cm³/mol. The summed E-state index contributed by atoms with van der Waals surface area (Å²) in [6, 6.07) is 0. The van der Waals surface area contributed by atoms with Crippen molar-refractivity contribution in [1.29, 1.82) is 0 Å². The summed E-state index contributed by atoms with van der Waals surface area (Å²) in [4.78, 5) is 17.5. The van der Waals surface area contributed by atoms with Crippen molar-refractivity contribution in [3.63, 3.8) is 0 Å². The zero-order chi connectivity index (χ0) is 13.0. The van der Waals surface area contributed by atoms with Gasteiger partial charge in [-0.25, -0.2) is 4.98 Å². The van der Waals surface area contributed by atoms with Crippen LogP contribution in [0.15, 0.2) is 5.38 Å². The molecule has 18 heavy (non-hydrogen) atoms. The van der Waals surface area contributed by atoms with Gasteiger partial charge in [-0.1, -0.05) is 0 Å². The van der Waals surface area contributed by atoms with Gasteiger partial charge in [0.05, 0.1) is 10.7 Å². The number of carboxylic acid groups (broad SMARTS) is 1. The Bertz CT molecular complexity index is 397. The van der Waals surface area contributed by atoms with Crippen LogP contribution in [0.1, 0.15) is 42.3 Å². The second kappa shape index (κ2) is 6.29. The standard InChI is InChI=1S/C13H20N2O2S/c1-15-7-5-10(6-8-15)11-9-18-12(14-11)3-2-4-13(16)17/h9-10H,2-8H2,1H3,(H,16,17). The Morgan fingerprint density at radius 1 is 1.56 bits per heavy atom. The van der Waals surface area contributed by atoms with Crippen molar-refractivity contribution in [2.45, 2.75) is 38.0 Å². The number of aromatic nitrogens is 1. The Balaban J connectivity index is 1.84. The molecule has 0 atom stereocenters. The fraction of sp³-hybridized carbons (Fsp3) is 0.692. The highest BCUT2D eigenvalue weighted by molar-refractivity contribution is 7.09. The Hall–Kier alpha value is -0.940. The number of aliphatic carboxylic acids is 1. The van der Waals surface area contributed by atoms with Crippen LogP contribution >= 0.6 is 11.3 Å². The molecule has 1 aromatic heterocycles. The summed E-state index contributed by atoms with van der Waals surface area (Å²) >= 11 is 1.68. The van der Waals surface area contributed by atoms with Crippen molar-refractivity contribution in [2.75, 3.05) is 20.1 Å². The highest BCUT2D eigenvalue weighted by atomic mass is 32.1. The van der Waals surface area contributed by atoms with E-state index in [2.05, 4.69) is 22.3 Å². The van der Waals surface area contributed by atoms with Crippen LogP contribution in [-0.2, 0) is 11.2 Å². The predicted octanol–water partition coefficient (Wildman–Crippen LogP) is 2.36. The molecule has 4 nitrogen and oxygen atoms in total. The summed E-state index contributed by atoms with van der Waals surface area (Å²) in [5.74, 6) is -0.118. The summed E-state index contributed by atoms with van der Waals surface area (Å²) in [6.07, 6.45) is 4.10. The fourth-order valence-corrected chi connectivity index (χ4v) is 3.24. The molecule has 0 radical (unpaired) electrons. The molecule has 2 rings (SSSR count). The first-order valence-corrected chi connectivity index (χ1v) is 7.38. The smallest absolute Gasteiger partial charge is 0.303 e. The first-order chi connectivity index (χ1) is 8.65. The number of piperidine rings is 1. The SMILES string of the molecule is CN1CCC(c2csc(CCCC(=O)O)n2)CC1. The van der Waals surface area contributed by atoms with E-state index in [-0.39, 0.29) is 6.42 Å². The second-order valence-electron chi connectivity index (χ2n) is 4.99. The minimum Gasteiger partial charge on any atom is -0.481 e. The van der Waals surface area contributed by atoms with Crippen molar-refractivity contribution in [3.05, 3.63) is 16.1 Å². The van der Waals surface area contributed by atoms with Crippen LogP contribution in [0.5, 0.6) is 0 Å². The molecular weight excluding hydrogens is 248 g/mol. The van der Waals surface area contributed by atoms with E-state index >= 15 is 0 Å². The number of carbonyl (C=O) groups is 1. The van der Waals surface area contributed by atoms with Gasteiger partial charge in [-0.15, -0.1) is 11.3 Å². The van der Waals surface area contributed by atoms with E-state index in [1.807, 2.05) is 0 Å². The van der Waals surface area contributed by atoms with Gasteiger partial charge in [-0.3, -0.25) is 4.79 Å². The molecular formula is C13H20N2O2S. The van der Waals surface area contributed by atoms with Crippen LogP contribution in [-0.4, -0.2) is 41.1 Å². The van der Waals surface area contributed by atoms with Gasteiger partial charge < -0.3 is 10.0 Å². The summed E-state index contributed by atoms with van der Waals surface area (Å²) in [5, 5.41) is 11.9. The zero-order valence-electron chi connectivity index (χ0n) is 10.8. The van der Waals surface area contributed by atoms with Gasteiger partial charge in [0.2, 0.25) is 0 Å². The van der Waals surface area contributed by atoms with E-state index in [0.29, 0.717) is 12.3 Å². The zero-order valence-corrected chi connectivity index (χ0v) is 11.6. The summed E-state index contributed by atoms with van der Waals surface area (Å²) in [5.41, 5.74) is 1.22. The van der Waals surface area contributed by atoms with Gasteiger partial charge in [-0.2, -0.15) is 0 Å². The number of nitrogens with zero attached hydrogens (tertiary/aromatic N) is 2. The van der Waals surface area contributed by atoms with Crippen molar-refractivity contribution in [2.24, 2.45) is 0 Å². The minimum atomic E-state index is -0.720. The average molecular weight is 268 g/mol. The molecule has 1 aromatic rings. The van der Waals surface area contributed by atoms with Crippen LogP contribution in [0.25, 0.3) is 0 Å². The Morgan fingerprint density at radius 2 is 2.28 bits per heavy atom. The lowest BCUT2D eigenvalue weighted by molar-refractivity contribution is -0.137. The Labute approximate surface area is 112 Å². The molecule has 1 aliphatic heterocycles. The van der Waals surface area contributed by atoms with Crippen LogP contribution < -0.4 is 0 Å². The quantitative estimate of drug-likeness (QED) is 0.890. The normalized spacial score (nSPS) is 18.1. The molecule has 0 bridgehead atoms. The Morgan fingerprint density at radius 3 is 2.94 bits per heavy atom. The first-order valence-electron chi connectivity index (χ1n) is 6.50. The number of likely N-dealkylation sites (tertiary alicyclic amines) is 1. The Kier molecular flexibility index (Phi) is 4.72. The van der Waals surface area contributed by atoms with E-state index in [9.17, 15) is 4.79 Å². The lowest BCUT2D eigenvalue weighted by atomic mass is 9.94. The number of thiazole rings is 1. The summed E-state index contributed by atoms with van der Waals surface area (Å²) in [7, 11) is 2.16. The summed E-state index contributed by atoms with van der Waals surface area (Å²) < 4.78 is 0. The van der Waals surface area contributed by atoms with E-state index in [1.165, 1.54) is 18.5 Å². The van der Waals surface area contributed by atoms with E-state index < -0.39 is 5.97 Å². The third kappa shape index (κ3) is 3.78. The molecule has 0 unspecified atom stereocenters. The third-order valence-corrected chi connectivity index (χ3v) is 4.41. The lowest BCUT2D eigenvalue weighted by Crippen LogP contribution is -2.29. The molecule has 1 aliphatic rings. The van der Waals surface area contributed by atoms with Gasteiger partial charge in [0.1, 0.15) is 0 Å². The van der Waals surface area contributed by atoms with Gasteiger partial charge >= 0.3 is 5.97 Å². The molecule has 1 fully saturated rings. The maximum Gasteiger partial charge on any atom is 0.303 e. The molecule has 1 saturated heterocycles. The summed E-state index contributed by atoms with van der Waals surface area (Å²) in [6.45, 7) is 2.30. The highest BCUT2D eigenvalue weighted by Crippen LogP contribution is 2.28. The number of aryl methyl sites for hydroxylation is 1. The maximum atomic E-state index is 10.5. The molecule has 100 valence electrons. The van der Waals surface area contributed by atoms with Gasteiger partial charge in [0, 0.05) is 17.7 Å². The third-order valence-electron chi connectivity index (χ3n) is 3.49. The van der Waals surface area contributed by atoms with Crippen molar-refractivity contribution in [1.82, 2.24) is 9.88 Å². The molecule has 5 heteroatoms. The lowest BCUT2D eigenvalue weighted by Gasteiger charge is -2.27. The van der Waals surface area contributed by atoms with Crippen molar-refractivity contribution in [3.8, 4) is 0 Å². The van der Waals surface area contributed by atoms with Crippen LogP contribution in [0.3, 0.4) is 0 Å². The second-order valence-corrected chi connectivity index (χ2v) is 5.93. The number of hydrogen-bond acceptors (Lipinski definition) is 4. The number of hydrogen-bond donors (Lipinski definition) is 1. The fourth-order valence-electron chi connectivity index (χ4n) is 2.32. The van der Waals surface area contributed by atoms with Crippen LogP contribution in [0.4, 0.5) is 0 Å². The average Bonchev–Trinajstić information content (AvgIpc) is 2.78. The number of carboxylic acids is 1. The maximum absolute atomic E-state index is 10.5. The monoisotopic (exact) mass is 268 g/mol. The van der Waals surface area contributed by atoms with Crippen molar-refractivity contribution >= 4 is 17.3 Å². The molecule has 2 heterocycles. The molecule has 0 amide bonds. The first kappa shape index (κ1) is 13.5. The molecule has 0 aliphatic carbocycles. The van der Waals surface area contributed by atoms with Gasteiger partial charge in [0.15, 0.2) is 0 Å². The molecule has 0 spiro atoms. The van der Waals surface area contributed by atoms with E-state index in [4.69, 9.17) is 5.11 Å². The topological polar surface area (TPSA) is 53.4 Å². The minimum absolute atomic E-state index is 0.239. The highest BCUT2D eigenvalue weighted by Gasteiger charge is 2.20. The van der Waals surface area contributed by atoms with E-state index in [1.54, 1.807) is 11.3 Å². The molecule has 1 N–H and O–H groups in total. The van der Waals surface area contributed by atoms with Gasteiger partial charge in [-0.05, 0) is 45.8 Å². The van der Waals surface area contributed by atoms with Crippen molar-refractivity contribution < 1.29 is 9.90 Å². The van der Waals surface area contributed by atoms with Gasteiger partial charge in [0.25, 0.3) is 0 Å². The molecule has 0 aromatic carbocycles. The van der Waals surface area contributed by atoms with Crippen LogP contribution in [0.2, 0.25) is 0 Å². The van der Waals surface area contributed by atoms with E-state index in [0.717, 1.165) is 24.5 Å². The van der Waals surface area contributed by atoms with Crippen LogP contribution in [0, 0.1) is 0 Å².